The molecule has 0 aromatic rings. The highest BCUT2D eigenvalue weighted by Crippen LogP contribution is 2.14. The normalized spacial score (nSPS) is 15.9. The number of carboxylic acid groups (broad SMARTS) is 1. The van der Waals surface area contributed by atoms with Gasteiger partial charge in [-0.05, 0) is 32.6 Å². The Morgan fingerprint density at radius 2 is 1.67 bits per heavy atom. The molecule has 0 amide bonds. The number of rotatable bonds is 13. The van der Waals surface area contributed by atoms with Crippen molar-refractivity contribution in [3.05, 3.63) is 0 Å². The number of aliphatic hydroxyl groups is 3. The molecule has 0 radical (unpaired) electrons. The Balaban J connectivity index is 3.92. The molecular weight excluding hydrogens is 308 g/mol. The van der Waals surface area contributed by atoms with Crippen LogP contribution in [0.1, 0.15) is 84.5 Å². The summed E-state index contributed by atoms with van der Waals surface area (Å²) in [5.41, 5.74) is -1.12. The van der Waals surface area contributed by atoms with Crippen molar-refractivity contribution in [2.24, 2.45) is 0 Å². The van der Waals surface area contributed by atoms with E-state index in [0.717, 1.165) is 44.9 Å². The van der Waals surface area contributed by atoms with Crippen LogP contribution in [-0.2, 0) is 4.79 Å². The van der Waals surface area contributed by atoms with Crippen molar-refractivity contribution in [2.75, 3.05) is 0 Å². The molecule has 24 heavy (non-hydrogen) atoms. The molecule has 0 spiro atoms. The van der Waals surface area contributed by atoms with Crippen LogP contribution in [0.5, 0.6) is 0 Å². The predicted molar refractivity (Wildman–Crippen MR) is 94.5 cm³/mol. The molecule has 0 bridgehead atoms. The van der Waals surface area contributed by atoms with E-state index >= 15 is 0 Å². The van der Waals surface area contributed by atoms with E-state index in [4.69, 9.17) is 5.11 Å². The quantitative estimate of drug-likeness (QED) is 0.305. The second kappa shape index (κ2) is 13.2. The molecule has 0 rings (SSSR count). The Kier molecular flexibility index (Phi) is 12.6. The summed E-state index contributed by atoms with van der Waals surface area (Å²) in [5, 5.41) is 38.4. The molecule has 5 nitrogen and oxygen atoms in total. The summed E-state index contributed by atoms with van der Waals surface area (Å²) in [5.74, 6) is 4.46. The van der Waals surface area contributed by atoms with Crippen LogP contribution in [0.4, 0.5) is 0 Å². The van der Waals surface area contributed by atoms with Crippen molar-refractivity contribution in [3.8, 4) is 11.8 Å². The third kappa shape index (κ3) is 13.4. The van der Waals surface area contributed by atoms with Crippen molar-refractivity contribution < 1.29 is 25.2 Å². The summed E-state index contributed by atoms with van der Waals surface area (Å²) >= 11 is 0. The lowest BCUT2D eigenvalue weighted by Gasteiger charge is -2.17. The largest absolute Gasteiger partial charge is 0.481 e. The van der Waals surface area contributed by atoms with Gasteiger partial charge in [-0.25, -0.2) is 0 Å². The topological polar surface area (TPSA) is 98.0 Å². The van der Waals surface area contributed by atoms with Gasteiger partial charge in [0.1, 0.15) is 11.7 Å². The standard InChI is InChI=1S/C19H34O5/c1-3-4-10-14-19(2,24)15-13-17(21)16(20)11-8-6-5-7-9-12-18(22)23/h16-17,20-21,24H,3-12,14H2,1-2H3,(H,22,23). The number of unbranched alkanes of at least 4 members (excludes halogenated alkanes) is 6. The smallest absolute Gasteiger partial charge is 0.303 e. The van der Waals surface area contributed by atoms with Gasteiger partial charge in [0, 0.05) is 6.42 Å². The van der Waals surface area contributed by atoms with Gasteiger partial charge in [-0.3, -0.25) is 4.79 Å². The first-order chi connectivity index (χ1) is 11.3. The number of aliphatic hydroxyl groups excluding tert-OH is 2. The van der Waals surface area contributed by atoms with Gasteiger partial charge in [0.15, 0.2) is 0 Å². The van der Waals surface area contributed by atoms with Crippen LogP contribution in [-0.4, -0.2) is 44.2 Å². The van der Waals surface area contributed by atoms with Gasteiger partial charge in [0.05, 0.1) is 6.10 Å². The molecule has 3 unspecified atom stereocenters. The van der Waals surface area contributed by atoms with Crippen molar-refractivity contribution in [1.29, 1.82) is 0 Å². The monoisotopic (exact) mass is 342 g/mol. The second-order valence-electron chi connectivity index (χ2n) is 6.71. The van der Waals surface area contributed by atoms with Crippen molar-refractivity contribution in [3.63, 3.8) is 0 Å². The summed E-state index contributed by atoms with van der Waals surface area (Å²) in [7, 11) is 0. The molecule has 0 aliphatic rings. The summed E-state index contributed by atoms with van der Waals surface area (Å²) in [4.78, 5) is 10.4. The van der Waals surface area contributed by atoms with E-state index in [1.165, 1.54) is 0 Å². The van der Waals surface area contributed by atoms with Crippen LogP contribution in [0.15, 0.2) is 0 Å². The fraction of sp³-hybridized carbons (Fsp3) is 0.842. The van der Waals surface area contributed by atoms with Gasteiger partial charge in [0.2, 0.25) is 0 Å². The maximum absolute atomic E-state index is 10.4. The van der Waals surface area contributed by atoms with E-state index in [-0.39, 0.29) is 6.42 Å². The zero-order chi connectivity index (χ0) is 18.4. The number of hydrogen-bond acceptors (Lipinski definition) is 4. The molecule has 0 aromatic carbocycles. The van der Waals surface area contributed by atoms with E-state index in [9.17, 15) is 20.1 Å². The maximum atomic E-state index is 10.4. The zero-order valence-corrected chi connectivity index (χ0v) is 15.1. The third-order valence-corrected chi connectivity index (χ3v) is 4.01. The van der Waals surface area contributed by atoms with E-state index in [2.05, 4.69) is 18.8 Å². The maximum Gasteiger partial charge on any atom is 0.303 e. The number of carboxylic acids is 1. The van der Waals surface area contributed by atoms with Crippen molar-refractivity contribution in [1.82, 2.24) is 0 Å². The van der Waals surface area contributed by atoms with Crippen LogP contribution < -0.4 is 0 Å². The van der Waals surface area contributed by atoms with Crippen LogP contribution in [0.2, 0.25) is 0 Å². The average Bonchev–Trinajstić information content (AvgIpc) is 2.51. The molecule has 0 fully saturated rings. The van der Waals surface area contributed by atoms with Gasteiger partial charge in [-0.2, -0.15) is 0 Å². The molecule has 0 saturated carbocycles. The summed E-state index contributed by atoms with van der Waals surface area (Å²) in [6, 6.07) is 0. The van der Waals surface area contributed by atoms with E-state index in [1.807, 2.05) is 0 Å². The lowest BCUT2D eigenvalue weighted by molar-refractivity contribution is -0.137. The lowest BCUT2D eigenvalue weighted by Crippen LogP contribution is -2.26. The molecule has 0 heterocycles. The average molecular weight is 342 g/mol. The summed E-state index contributed by atoms with van der Waals surface area (Å²) < 4.78 is 0. The highest BCUT2D eigenvalue weighted by atomic mass is 16.4. The third-order valence-electron chi connectivity index (χ3n) is 4.01. The van der Waals surface area contributed by atoms with E-state index in [1.54, 1.807) is 6.92 Å². The number of aliphatic carboxylic acids is 1. The van der Waals surface area contributed by atoms with Gasteiger partial charge in [0.25, 0.3) is 0 Å². The van der Waals surface area contributed by atoms with Gasteiger partial charge >= 0.3 is 5.97 Å². The number of hydrogen-bond donors (Lipinski definition) is 4. The van der Waals surface area contributed by atoms with Crippen LogP contribution in [0.3, 0.4) is 0 Å². The minimum atomic E-state index is -1.14. The molecular formula is C19H34O5. The molecule has 3 atom stereocenters. The Morgan fingerprint density at radius 1 is 1.04 bits per heavy atom. The minimum absolute atomic E-state index is 0.203. The molecule has 0 aliphatic carbocycles. The highest BCUT2D eigenvalue weighted by Gasteiger charge is 2.18. The molecule has 0 saturated heterocycles. The summed E-state index contributed by atoms with van der Waals surface area (Å²) in [6.45, 7) is 3.72. The SMILES string of the molecule is CCCCCC(C)(O)C#CC(O)C(O)CCCCCCCC(=O)O. The first kappa shape index (κ1) is 22.9. The van der Waals surface area contributed by atoms with Gasteiger partial charge in [-0.1, -0.05) is 57.3 Å². The molecule has 4 N–H and O–H groups in total. The molecule has 140 valence electrons. The Bertz CT molecular complexity index is 394. The fourth-order valence-electron chi connectivity index (χ4n) is 2.43. The van der Waals surface area contributed by atoms with E-state index in [0.29, 0.717) is 19.3 Å². The Labute approximate surface area is 146 Å². The van der Waals surface area contributed by atoms with Crippen molar-refractivity contribution >= 4 is 5.97 Å². The van der Waals surface area contributed by atoms with Crippen LogP contribution >= 0.6 is 0 Å². The first-order valence-electron chi connectivity index (χ1n) is 9.11. The molecule has 0 aliphatic heterocycles. The Hall–Kier alpha value is -1.09. The second-order valence-corrected chi connectivity index (χ2v) is 6.71. The fourth-order valence-corrected chi connectivity index (χ4v) is 2.43. The van der Waals surface area contributed by atoms with Gasteiger partial charge < -0.3 is 20.4 Å². The molecule has 5 heteroatoms. The Morgan fingerprint density at radius 3 is 2.29 bits per heavy atom. The van der Waals surface area contributed by atoms with Crippen molar-refractivity contribution in [2.45, 2.75) is 102 Å². The van der Waals surface area contributed by atoms with Crippen LogP contribution in [0, 0.1) is 11.8 Å². The predicted octanol–water partition coefficient (Wildman–Crippen LogP) is 2.86. The minimum Gasteiger partial charge on any atom is -0.481 e. The molecule has 0 aromatic heterocycles. The lowest BCUT2D eigenvalue weighted by atomic mass is 9.98. The van der Waals surface area contributed by atoms with Gasteiger partial charge in [-0.15, -0.1) is 0 Å². The van der Waals surface area contributed by atoms with Crippen LogP contribution in [0.25, 0.3) is 0 Å². The zero-order valence-electron chi connectivity index (χ0n) is 15.1. The highest BCUT2D eigenvalue weighted by molar-refractivity contribution is 5.66. The first-order valence-corrected chi connectivity index (χ1v) is 9.11. The van der Waals surface area contributed by atoms with E-state index < -0.39 is 23.8 Å². The summed E-state index contributed by atoms with van der Waals surface area (Å²) in [6.07, 6.45) is 6.28. The number of carbonyl (C=O) groups is 1.